The average Bonchev–Trinajstić information content (AvgIpc) is 2.75. The van der Waals surface area contributed by atoms with Crippen LogP contribution in [0, 0.1) is 0 Å². The molecule has 4 heteroatoms. The fraction of sp³-hybridized carbons (Fsp3) is 0.562. The van der Waals surface area contributed by atoms with E-state index in [1.165, 1.54) is 25.7 Å². The Kier molecular flexibility index (Phi) is 5.79. The first-order chi connectivity index (χ1) is 9.63. The molecule has 1 fully saturated rings. The van der Waals surface area contributed by atoms with Gasteiger partial charge in [-0.1, -0.05) is 37.3 Å². The third-order valence-electron chi connectivity index (χ3n) is 4.10. The van der Waals surface area contributed by atoms with Crippen LogP contribution in [-0.2, 0) is 0 Å². The van der Waals surface area contributed by atoms with Crippen molar-refractivity contribution >= 4 is 29.3 Å². The van der Waals surface area contributed by atoms with Gasteiger partial charge in [-0.3, -0.25) is 4.79 Å². The van der Waals surface area contributed by atoms with Gasteiger partial charge in [0.05, 0.1) is 10.6 Å². The van der Waals surface area contributed by atoms with E-state index in [1.54, 1.807) is 11.8 Å². The van der Waals surface area contributed by atoms with Crippen LogP contribution < -0.4 is 0 Å². The number of nitrogens with zero attached hydrogens (tertiary/aromatic N) is 1. The van der Waals surface area contributed by atoms with E-state index in [4.69, 9.17) is 11.6 Å². The maximum Gasteiger partial charge on any atom is 0.255 e. The Morgan fingerprint density at radius 1 is 1.25 bits per heavy atom. The van der Waals surface area contributed by atoms with Crippen molar-refractivity contribution in [3.63, 3.8) is 0 Å². The van der Waals surface area contributed by atoms with Gasteiger partial charge in [0, 0.05) is 18.0 Å². The van der Waals surface area contributed by atoms with Gasteiger partial charge >= 0.3 is 0 Å². The van der Waals surface area contributed by atoms with Crippen LogP contribution in [0.15, 0.2) is 23.1 Å². The van der Waals surface area contributed by atoms with Crippen molar-refractivity contribution in [2.45, 2.75) is 49.5 Å². The van der Waals surface area contributed by atoms with E-state index >= 15 is 0 Å². The summed E-state index contributed by atoms with van der Waals surface area (Å²) in [5.74, 6) is 0.0535. The number of carbonyl (C=O) groups excluding carboxylic acids is 1. The molecule has 1 amide bonds. The third-order valence-corrected chi connectivity index (χ3v) is 5.15. The van der Waals surface area contributed by atoms with Gasteiger partial charge in [-0.2, -0.15) is 0 Å². The number of amides is 1. The lowest BCUT2D eigenvalue weighted by Gasteiger charge is -2.27. The van der Waals surface area contributed by atoms with Crippen LogP contribution in [0.4, 0.5) is 0 Å². The SMILES string of the molecule is CSc1ccc(Cl)c(C(=O)N(C)C2CCCCCC2)c1. The van der Waals surface area contributed by atoms with E-state index < -0.39 is 0 Å². The minimum absolute atomic E-state index is 0.0535. The molecule has 0 N–H and O–H groups in total. The molecule has 110 valence electrons. The Bertz CT molecular complexity index is 470. The van der Waals surface area contributed by atoms with Gasteiger partial charge in [-0.15, -0.1) is 11.8 Å². The summed E-state index contributed by atoms with van der Waals surface area (Å²) < 4.78 is 0. The van der Waals surface area contributed by atoms with E-state index in [0.29, 0.717) is 16.6 Å². The van der Waals surface area contributed by atoms with Gasteiger partial charge in [-0.25, -0.2) is 0 Å². The molecule has 1 aliphatic carbocycles. The largest absolute Gasteiger partial charge is 0.339 e. The number of carbonyl (C=O) groups is 1. The number of benzene rings is 1. The molecule has 1 aliphatic rings. The van der Waals surface area contributed by atoms with Crippen LogP contribution in [0.25, 0.3) is 0 Å². The Morgan fingerprint density at radius 3 is 2.50 bits per heavy atom. The molecule has 0 unspecified atom stereocenters. The van der Waals surface area contributed by atoms with Crippen molar-refractivity contribution in [3.05, 3.63) is 28.8 Å². The van der Waals surface area contributed by atoms with Gasteiger partial charge in [0.1, 0.15) is 0 Å². The summed E-state index contributed by atoms with van der Waals surface area (Å²) in [6.07, 6.45) is 9.26. The lowest BCUT2D eigenvalue weighted by Crippen LogP contribution is -2.36. The lowest BCUT2D eigenvalue weighted by atomic mass is 10.1. The second-order valence-corrected chi connectivity index (χ2v) is 6.69. The van der Waals surface area contributed by atoms with Crippen molar-refractivity contribution in [2.24, 2.45) is 0 Å². The summed E-state index contributed by atoms with van der Waals surface area (Å²) in [6.45, 7) is 0. The molecule has 0 atom stereocenters. The standard InChI is InChI=1S/C16H22ClNOS/c1-18(12-7-5-3-4-6-8-12)16(19)14-11-13(20-2)9-10-15(14)17/h9-12H,3-8H2,1-2H3. The Balaban J connectivity index is 2.16. The molecule has 0 spiro atoms. The van der Waals surface area contributed by atoms with Crippen LogP contribution >= 0.6 is 23.4 Å². The predicted octanol–water partition coefficient (Wildman–Crippen LogP) is 4.86. The molecule has 1 aromatic carbocycles. The van der Waals surface area contributed by atoms with Gasteiger partial charge in [0.2, 0.25) is 0 Å². The summed E-state index contributed by atoms with van der Waals surface area (Å²) in [4.78, 5) is 15.7. The number of hydrogen-bond donors (Lipinski definition) is 0. The quantitative estimate of drug-likeness (QED) is 0.587. The Labute approximate surface area is 130 Å². The zero-order valence-electron chi connectivity index (χ0n) is 12.2. The van der Waals surface area contributed by atoms with Crippen molar-refractivity contribution in [1.82, 2.24) is 4.90 Å². The Morgan fingerprint density at radius 2 is 1.90 bits per heavy atom. The first-order valence-corrected chi connectivity index (χ1v) is 8.84. The van der Waals surface area contributed by atoms with Crippen LogP contribution in [-0.4, -0.2) is 30.2 Å². The molecular weight excluding hydrogens is 290 g/mol. The normalized spacial score (nSPS) is 16.8. The van der Waals surface area contributed by atoms with Gasteiger partial charge in [-0.05, 0) is 37.3 Å². The van der Waals surface area contributed by atoms with E-state index in [-0.39, 0.29) is 5.91 Å². The topological polar surface area (TPSA) is 20.3 Å². The van der Waals surface area contributed by atoms with Crippen molar-refractivity contribution < 1.29 is 4.79 Å². The highest BCUT2D eigenvalue weighted by molar-refractivity contribution is 7.98. The smallest absolute Gasteiger partial charge is 0.255 e. The fourth-order valence-electron chi connectivity index (χ4n) is 2.80. The average molecular weight is 312 g/mol. The van der Waals surface area contributed by atoms with Crippen LogP contribution in [0.5, 0.6) is 0 Å². The van der Waals surface area contributed by atoms with E-state index in [0.717, 1.165) is 17.7 Å². The molecule has 2 nitrogen and oxygen atoms in total. The number of rotatable bonds is 3. The van der Waals surface area contributed by atoms with Gasteiger partial charge in [0.25, 0.3) is 5.91 Å². The van der Waals surface area contributed by atoms with Crippen molar-refractivity contribution in [1.29, 1.82) is 0 Å². The Hall–Kier alpha value is -0.670. The van der Waals surface area contributed by atoms with Crippen molar-refractivity contribution in [3.8, 4) is 0 Å². The highest BCUT2D eigenvalue weighted by atomic mass is 35.5. The zero-order valence-corrected chi connectivity index (χ0v) is 13.8. The van der Waals surface area contributed by atoms with E-state index in [2.05, 4.69) is 0 Å². The molecule has 0 bridgehead atoms. The summed E-state index contributed by atoms with van der Waals surface area (Å²) in [5.41, 5.74) is 0.630. The number of hydrogen-bond acceptors (Lipinski definition) is 2. The number of thioether (sulfide) groups is 1. The minimum atomic E-state index is 0.0535. The maximum atomic E-state index is 12.7. The molecular formula is C16H22ClNOS. The molecule has 1 aromatic rings. The minimum Gasteiger partial charge on any atom is -0.339 e. The molecule has 2 rings (SSSR count). The molecule has 0 aliphatic heterocycles. The summed E-state index contributed by atoms with van der Waals surface area (Å²) in [7, 11) is 1.92. The first kappa shape index (κ1) is 15.7. The van der Waals surface area contributed by atoms with E-state index in [1.807, 2.05) is 36.4 Å². The van der Waals surface area contributed by atoms with Crippen molar-refractivity contribution in [2.75, 3.05) is 13.3 Å². The molecule has 0 aromatic heterocycles. The predicted molar refractivity (Wildman–Crippen MR) is 86.8 cm³/mol. The zero-order chi connectivity index (χ0) is 14.5. The molecule has 0 heterocycles. The monoisotopic (exact) mass is 311 g/mol. The molecule has 0 saturated heterocycles. The van der Waals surface area contributed by atoms with Gasteiger partial charge < -0.3 is 4.90 Å². The molecule has 0 radical (unpaired) electrons. The van der Waals surface area contributed by atoms with Crippen LogP contribution in [0.1, 0.15) is 48.9 Å². The summed E-state index contributed by atoms with van der Waals surface area (Å²) in [6, 6.07) is 6.04. The van der Waals surface area contributed by atoms with E-state index in [9.17, 15) is 4.79 Å². The maximum absolute atomic E-state index is 12.7. The highest BCUT2D eigenvalue weighted by Crippen LogP contribution is 2.27. The highest BCUT2D eigenvalue weighted by Gasteiger charge is 2.23. The first-order valence-electron chi connectivity index (χ1n) is 7.24. The molecule has 20 heavy (non-hydrogen) atoms. The third kappa shape index (κ3) is 3.70. The van der Waals surface area contributed by atoms with Gasteiger partial charge in [0.15, 0.2) is 0 Å². The number of halogens is 1. The summed E-state index contributed by atoms with van der Waals surface area (Å²) >= 11 is 7.84. The fourth-order valence-corrected chi connectivity index (χ4v) is 3.43. The van der Waals surface area contributed by atoms with Crippen LogP contribution in [0.2, 0.25) is 5.02 Å². The lowest BCUT2D eigenvalue weighted by molar-refractivity contribution is 0.0717. The second kappa shape index (κ2) is 7.37. The van der Waals surface area contributed by atoms with Crippen LogP contribution in [0.3, 0.4) is 0 Å². The second-order valence-electron chi connectivity index (χ2n) is 5.41. The summed E-state index contributed by atoms with van der Waals surface area (Å²) in [5, 5.41) is 0.549. The molecule has 1 saturated carbocycles.